The maximum atomic E-state index is 13.4. The second-order valence-corrected chi connectivity index (χ2v) is 5.90. The minimum absolute atomic E-state index is 0.294. The van der Waals surface area contributed by atoms with Crippen molar-refractivity contribution in [3.63, 3.8) is 0 Å². The van der Waals surface area contributed by atoms with Crippen molar-refractivity contribution in [2.75, 3.05) is 0 Å². The first kappa shape index (κ1) is 13.9. The SMILES string of the molecule is Fc1ccc(Cl)c(-c2ccc(Cl)c(CNC3CC3)c2)c1. The van der Waals surface area contributed by atoms with Crippen LogP contribution in [0.1, 0.15) is 18.4 Å². The molecular weight excluding hydrogens is 296 g/mol. The number of hydrogen-bond acceptors (Lipinski definition) is 1. The molecule has 0 spiro atoms. The largest absolute Gasteiger partial charge is 0.310 e. The summed E-state index contributed by atoms with van der Waals surface area (Å²) in [5.41, 5.74) is 2.58. The van der Waals surface area contributed by atoms with Gasteiger partial charge in [-0.05, 0) is 54.3 Å². The lowest BCUT2D eigenvalue weighted by Crippen LogP contribution is -2.15. The molecular formula is C16H14Cl2FN. The zero-order valence-electron chi connectivity index (χ0n) is 10.8. The van der Waals surface area contributed by atoms with Crippen LogP contribution in [0.25, 0.3) is 11.1 Å². The molecule has 0 amide bonds. The number of hydrogen-bond donors (Lipinski definition) is 1. The fourth-order valence-electron chi connectivity index (χ4n) is 2.14. The van der Waals surface area contributed by atoms with Crippen LogP contribution in [0.5, 0.6) is 0 Å². The van der Waals surface area contributed by atoms with Crippen molar-refractivity contribution in [1.82, 2.24) is 5.32 Å². The molecule has 0 aliphatic heterocycles. The highest BCUT2D eigenvalue weighted by atomic mass is 35.5. The zero-order valence-corrected chi connectivity index (χ0v) is 12.3. The van der Waals surface area contributed by atoms with Gasteiger partial charge in [-0.15, -0.1) is 0 Å². The van der Waals surface area contributed by atoms with Crippen molar-refractivity contribution in [2.24, 2.45) is 0 Å². The molecule has 0 bridgehead atoms. The molecule has 1 aliphatic rings. The monoisotopic (exact) mass is 309 g/mol. The predicted octanol–water partition coefficient (Wildman–Crippen LogP) is 5.05. The van der Waals surface area contributed by atoms with E-state index in [0.29, 0.717) is 16.6 Å². The van der Waals surface area contributed by atoms with Crippen LogP contribution in [-0.2, 0) is 6.54 Å². The van der Waals surface area contributed by atoms with Crippen LogP contribution in [-0.4, -0.2) is 6.04 Å². The highest BCUT2D eigenvalue weighted by Crippen LogP contribution is 2.31. The zero-order chi connectivity index (χ0) is 14.1. The summed E-state index contributed by atoms with van der Waals surface area (Å²) in [5.74, 6) is -0.294. The van der Waals surface area contributed by atoms with Crippen molar-refractivity contribution in [2.45, 2.75) is 25.4 Å². The molecule has 0 aromatic heterocycles. The number of rotatable bonds is 4. The van der Waals surface area contributed by atoms with Crippen LogP contribution in [0.3, 0.4) is 0 Å². The number of benzene rings is 2. The van der Waals surface area contributed by atoms with Crippen LogP contribution in [0.2, 0.25) is 10.0 Å². The fourth-order valence-corrected chi connectivity index (χ4v) is 2.55. The van der Waals surface area contributed by atoms with Gasteiger partial charge in [-0.2, -0.15) is 0 Å². The Bertz CT molecular complexity index is 638. The second kappa shape index (κ2) is 5.72. The third-order valence-electron chi connectivity index (χ3n) is 3.44. The first-order valence-corrected chi connectivity index (χ1v) is 7.36. The van der Waals surface area contributed by atoms with Crippen molar-refractivity contribution in [1.29, 1.82) is 0 Å². The minimum atomic E-state index is -0.294. The smallest absolute Gasteiger partial charge is 0.123 e. The summed E-state index contributed by atoms with van der Waals surface area (Å²) < 4.78 is 13.4. The Labute approximate surface area is 127 Å². The van der Waals surface area contributed by atoms with E-state index in [9.17, 15) is 4.39 Å². The predicted molar refractivity (Wildman–Crippen MR) is 81.7 cm³/mol. The third-order valence-corrected chi connectivity index (χ3v) is 4.14. The summed E-state index contributed by atoms with van der Waals surface area (Å²) in [4.78, 5) is 0. The molecule has 1 aliphatic carbocycles. The summed E-state index contributed by atoms with van der Waals surface area (Å²) >= 11 is 12.4. The summed E-state index contributed by atoms with van der Waals surface area (Å²) in [6.07, 6.45) is 2.46. The van der Waals surface area contributed by atoms with Crippen molar-refractivity contribution in [3.8, 4) is 11.1 Å². The number of halogens is 3. The summed E-state index contributed by atoms with van der Waals surface area (Å²) in [5, 5.41) is 4.68. The molecule has 0 atom stereocenters. The van der Waals surface area contributed by atoms with Gasteiger partial charge < -0.3 is 5.32 Å². The molecule has 0 radical (unpaired) electrons. The maximum absolute atomic E-state index is 13.4. The Balaban J connectivity index is 1.92. The summed E-state index contributed by atoms with van der Waals surface area (Å²) in [6.45, 7) is 0.726. The lowest BCUT2D eigenvalue weighted by molar-refractivity contribution is 0.628. The molecule has 0 saturated heterocycles. The first-order chi connectivity index (χ1) is 9.63. The van der Waals surface area contributed by atoms with Gasteiger partial charge >= 0.3 is 0 Å². The van der Waals surface area contributed by atoms with Gasteiger partial charge in [0.1, 0.15) is 5.82 Å². The molecule has 3 rings (SSSR count). The van der Waals surface area contributed by atoms with Gasteiger partial charge in [-0.25, -0.2) is 4.39 Å². The van der Waals surface area contributed by atoms with E-state index < -0.39 is 0 Å². The van der Waals surface area contributed by atoms with E-state index in [-0.39, 0.29) is 5.82 Å². The molecule has 2 aromatic carbocycles. The highest BCUT2D eigenvalue weighted by molar-refractivity contribution is 6.33. The third kappa shape index (κ3) is 3.14. The molecule has 1 saturated carbocycles. The quantitative estimate of drug-likeness (QED) is 0.833. The van der Waals surface area contributed by atoms with Crippen LogP contribution in [0, 0.1) is 5.82 Å². The molecule has 20 heavy (non-hydrogen) atoms. The fraction of sp³-hybridized carbons (Fsp3) is 0.250. The van der Waals surface area contributed by atoms with E-state index in [0.717, 1.165) is 22.7 Å². The molecule has 4 heteroatoms. The van der Waals surface area contributed by atoms with E-state index >= 15 is 0 Å². The molecule has 1 N–H and O–H groups in total. The topological polar surface area (TPSA) is 12.0 Å². The van der Waals surface area contributed by atoms with Gasteiger partial charge in [0.2, 0.25) is 0 Å². The molecule has 0 unspecified atom stereocenters. The molecule has 1 fully saturated rings. The van der Waals surface area contributed by atoms with Gasteiger partial charge in [-0.1, -0.05) is 29.3 Å². The van der Waals surface area contributed by atoms with E-state index in [1.54, 1.807) is 6.07 Å². The van der Waals surface area contributed by atoms with Crippen LogP contribution in [0.4, 0.5) is 4.39 Å². The average molecular weight is 310 g/mol. The highest BCUT2D eigenvalue weighted by Gasteiger charge is 2.20. The van der Waals surface area contributed by atoms with E-state index in [1.807, 2.05) is 18.2 Å². The molecule has 2 aromatic rings. The maximum Gasteiger partial charge on any atom is 0.123 e. The lowest BCUT2D eigenvalue weighted by Gasteiger charge is -2.10. The van der Waals surface area contributed by atoms with Gasteiger partial charge in [0, 0.05) is 28.2 Å². The van der Waals surface area contributed by atoms with Crippen LogP contribution < -0.4 is 5.32 Å². The Kier molecular flexibility index (Phi) is 3.97. The van der Waals surface area contributed by atoms with Crippen molar-refractivity contribution >= 4 is 23.2 Å². The Morgan fingerprint density at radius 2 is 1.80 bits per heavy atom. The molecule has 1 nitrogen and oxygen atoms in total. The summed E-state index contributed by atoms with van der Waals surface area (Å²) in [7, 11) is 0. The molecule has 0 heterocycles. The standard InChI is InChI=1S/C16H14Cl2FN/c17-15-5-1-10(7-11(15)9-20-13-3-4-13)14-8-12(19)2-6-16(14)18/h1-2,5-8,13,20H,3-4,9H2. The van der Waals surface area contributed by atoms with Gasteiger partial charge in [-0.3, -0.25) is 0 Å². The Morgan fingerprint density at radius 1 is 1.05 bits per heavy atom. The minimum Gasteiger partial charge on any atom is -0.310 e. The normalized spacial score (nSPS) is 14.6. The van der Waals surface area contributed by atoms with E-state index in [2.05, 4.69) is 5.32 Å². The Morgan fingerprint density at radius 3 is 2.55 bits per heavy atom. The van der Waals surface area contributed by atoms with Gasteiger partial charge in [0.25, 0.3) is 0 Å². The molecule has 104 valence electrons. The number of nitrogens with one attached hydrogen (secondary N) is 1. The summed E-state index contributed by atoms with van der Waals surface area (Å²) in [6, 6.07) is 10.7. The van der Waals surface area contributed by atoms with Crippen molar-refractivity contribution < 1.29 is 4.39 Å². The first-order valence-electron chi connectivity index (χ1n) is 6.61. The van der Waals surface area contributed by atoms with Crippen LogP contribution in [0.15, 0.2) is 36.4 Å². The van der Waals surface area contributed by atoms with E-state index in [4.69, 9.17) is 23.2 Å². The average Bonchev–Trinajstić information content (AvgIpc) is 3.25. The Hall–Kier alpha value is -1.09. The second-order valence-electron chi connectivity index (χ2n) is 5.09. The van der Waals surface area contributed by atoms with Gasteiger partial charge in [0.15, 0.2) is 0 Å². The van der Waals surface area contributed by atoms with Gasteiger partial charge in [0.05, 0.1) is 0 Å². The lowest BCUT2D eigenvalue weighted by atomic mass is 10.0. The van der Waals surface area contributed by atoms with Crippen molar-refractivity contribution in [3.05, 3.63) is 57.8 Å². The van der Waals surface area contributed by atoms with E-state index in [1.165, 1.54) is 25.0 Å². The van der Waals surface area contributed by atoms with Crippen LogP contribution >= 0.6 is 23.2 Å².